The SMILES string of the molecule is COc1c(C=O)cc(C)nc1C(F)F. The maximum absolute atomic E-state index is 12.5. The van der Waals surface area contributed by atoms with Crippen LogP contribution < -0.4 is 4.74 Å². The van der Waals surface area contributed by atoms with Gasteiger partial charge < -0.3 is 4.74 Å². The van der Waals surface area contributed by atoms with E-state index in [1.54, 1.807) is 6.92 Å². The van der Waals surface area contributed by atoms with E-state index in [0.717, 1.165) is 0 Å². The highest BCUT2D eigenvalue weighted by atomic mass is 19.3. The number of alkyl halides is 2. The Morgan fingerprint density at radius 1 is 1.57 bits per heavy atom. The van der Waals surface area contributed by atoms with E-state index in [9.17, 15) is 13.6 Å². The van der Waals surface area contributed by atoms with Crippen molar-refractivity contribution >= 4 is 6.29 Å². The molecule has 3 nitrogen and oxygen atoms in total. The number of pyridine rings is 1. The molecule has 0 fully saturated rings. The maximum atomic E-state index is 12.5. The first-order valence-corrected chi connectivity index (χ1v) is 3.89. The zero-order valence-corrected chi connectivity index (χ0v) is 7.75. The Balaban J connectivity index is 3.39. The Kier molecular flexibility index (Phi) is 3.11. The summed E-state index contributed by atoms with van der Waals surface area (Å²) >= 11 is 0. The smallest absolute Gasteiger partial charge is 0.284 e. The highest BCUT2D eigenvalue weighted by Crippen LogP contribution is 2.29. The van der Waals surface area contributed by atoms with Gasteiger partial charge in [0.05, 0.1) is 12.7 Å². The van der Waals surface area contributed by atoms with Gasteiger partial charge in [0.25, 0.3) is 6.43 Å². The van der Waals surface area contributed by atoms with Gasteiger partial charge in [0.15, 0.2) is 12.0 Å². The van der Waals surface area contributed by atoms with Crippen LogP contribution in [0.3, 0.4) is 0 Å². The number of carbonyl (C=O) groups is 1. The lowest BCUT2D eigenvalue weighted by Gasteiger charge is -2.09. The molecule has 1 rings (SSSR count). The van der Waals surface area contributed by atoms with Crippen LogP contribution in [0.25, 0.3) is 0 Å². The van der Waals surface area contributed by atoms with E-state index >= 15 is 0 Å². The molecule has 0 aromatic carbocycles. The summed E-state index contributed by atoms with van der Waals surface area (Å²) in [7, 11) is 1.23. The topological polar surface area (TPSA) is 39.2 Å². The van der Waals surface area contributed by atoms with Crippen LogP contribution in [0.15, 0.2) is 6.07 Å². The molecule has 0 radical (unpaired) electrons. The minimum absolute atomic E-state index is 0.0929. The normalized spacial score (nSPS) is 10.4. The number of hydrogen-bond acceptors (Lipinski definition) is 3. The number of aldehydes is 1. The number of ether oxygens (including phenoxy) is 1. The van der Waals surface area contributed by atoms with Crippen LogP contribution in [0.5, 0.6) is 5.75 Å². The second kappa shape index (κ2) is 4.13. The standard InChI is InChI=1S/C9H9F2NO2/c1-5-3-6(4-13)8(14-2)7(12-5)9(10)11/h3-4,9H,1-2H3. The first kappa shape index (κ1) is 10.6. The zero-order valence-electron chi connectivity index (χ0n) is 7.75. The molecule has 1 heterocycles. The van der Waals surface area contributed by atoms with Crippen molar-refractivity contribution in [3.63, 3.8) is 0 Å². The Labute approximate surface area is 79.7 Å². The lowest BCUT2D eigenvalue weighted by molar-refractivity contribution is 0.111. The van der Waals surface area contributed by atoms with E-state index in [-0.39, 0.29) is 11.3 Å². The van der Waals surface area contributed by atoms with Crippen molar-refractivity contribution in [3.8, 4) is 5.75 Å². The molecular weight excluding hydrogens is 192 g/mol. The minimum atomic E-state index is -2.75. The number of nitrogens with zero attached hydrogens (tertiary/aromatic N) is 1. The third-order valence-electron chi connectivity index (χ3n) is 1.69. The summed E-state index contributed by atoms with van der Waals surface area (Å²) in [5.74, 6) is -0.152. The second-order valence-electron chi connectivity index (χ2n) is 2.69. The molecule has 0 N–H and O–H groups in total. The molecule has 0 spiro atoms. The fourth-order valence-corrected chi connectivity index (χ4v) is 1.17. The largest absolute Gasteiger partial charge is 0.494 e. The van der Waals surface area contributed by atoms with Gasteiger partial charge in [0, 0.05) is 5.69 Å². The summed E-state index contributed by atoms with van der Waals surface area (Å²) in [5, 5.41) is 0. The molecule has 1 aromatic heterocycles. The highest BCUT2D eigenvalue weighted by molar-refractivity contribution is 5.80. The van der Waals surface area contributed by atoms with Gasteiger partial charge >= 0.3 is 0 Å². The molecule has 76 valence electrons. The number of aromatic nitrogens is 1. The van der Waals surface area contributed by atoms with Crippen LogP contribution in [0.2, 0.25) is 0 Å². The number of halogens is 2. The molecule has 0 atom stereocenters. The summed E-state index contributed by atoms with van der Waals surface area (Å²) < 4.78 is 29.6. The zero-order chi connectivity index (χ0) is 10.7. The van der Waals surface area contributed by atoms with Crippen LogP contribution in [0.4, 0.5) is 8.78 Å². The molecule has 5 heteroatoms. The van der Waals surface area contributed by atoms with Crippen LogP contribution in [-0.2, 0) is 0 Å². The van der Waals surface area contributed by atoms with Crippen LogP contribution in [0, 0.1) is 6.92 Å². The third-order valence-corrected chi connectivity index (χ3v) is 1.69. The predicted molar refractivity (Wildman–Crippen MR) is 45.9 cm³/mol. The number of carbonyl (C=O) groups excluding carboxylic acids is 1. The van der Waals surface area contributed by atoms with E-state index in [1.807, 2.05) is 0 Å². The van der Waals surface area contributed by atoms with E-state index in [1.165, 1.54) is 13.2 Å². The molecular formula is C9H9F2NO2. The van der Waals surface area contributed by atoms with Crippen molar-refractivity contribution in [2.45, 2.75) is 13.3 Å². The van der Waals surface area contributed by atoms with Crippen molar-refractivity contribution in [1.29, 1.82) is 0 Å². The molecule has 0 bridgehead atoms. The molecule has 0 saturated heterocycles. The van der Waals surface area contributed by atoms with Gasteiger partial charge in [0.1, 0.15) is 5.69 Å². The van der Waals surface area contributed by atoms with Gasteiger partial charge in [-0.1, -0.05) is 0 Å². The van der Waals surface area contributed by atoms with Gasteiger partial charge in [-0.25, -0.2) is 13.8 Å². The van der Waals surface area contributed by atoms with Gasteiger partial charge in [-0.3, -0.25) is 4.79 Å². The summed E-state index contributed by atoms with van der Waals surface area (Å²) in [4.78, 5) is 14.2. The summed E-state index contributed by atoms with van der Waals surface area (Å²) in [6.07, 6.45) is -2.28. The summed E-state index contributed by atoms with van der Waals surface area (Å²) in [6.45, 7) is 1.54. The Bertz CT molecular complexity index is 353. The van der Waals surface area contributed by atoms with E-state index < -0.39 is 12.1 Å². The molecule has 1 aromatic rings. The quantitative estimate of drug-likeness (QED) is 0.703. The van der Waals surface area contributed by atoms with Crippen molar-refractivity contribution in [2.75, 3.05) is 7.11 Å². The van der Waals surface area contributed by atoms with Crippen LogP contribution in [-0.4, -0.2) is 18.4 Å². The first-order chi connectivity index (χ1) is 6.60. The van der Waals surface area contributed by atoms with Crippen molar-refractivity contribution in [3.05, 3.63) is 23.0 Å². The average molecular weight is 201 g/mol. The molecule has 0 unspecified atom stereocenters. The third kappa shape index (κ3) is 1.86. The lowest BCUT2D eigenvalue weighted by atomic mass is 10.2. The van der Waals surface area contributed by atoms with Crippen LogP contribution >= 0.6 is 0 Å². The first-order valence-electron chi connectivity index (χ1n) is 3.89. The lowest BCUT2D eigenvalue weighted by Crippen LogP contribution is -2.02. The number of rotatable bonds is 3. The summed E-state index contributed by atoms with van der Waals surface area (Å²) in [6, 6.07) is 1.40. The fraction of sp³-hybridized carbons (Fsp3) is 0.333. The fourth-order valence-electron chi connectivity index (χ4n) is 1.17. The second-order valence-corrected chi connectivity index (χ2v) is 2.69. The average Bonchev–Trinajstić information content (AvgIpc) is 2.16. The summed E-state index contributed by atoms with van der Waals surface area (Å²) in [5.41, 5.74) is -0.0342. The van der Waals surface area contributed by atoms with Gasteiger partial charge in [0.2, 0.25) is 0 Å². The van der Waals surface area contributed by atoms with Crippen molar-refractivity contribution in [1.82, 2.24) is 4.98 Å². The molecule has 0 saturated carbocycles. The molecule has 14 heavy (non-hydrogen) atoms. The van der Waals surface area contributed by atoms with Gasteiger partial charge in [-0.15, -0.1) is 0 Å². The van der Waals surface area contributed by atoms with Crippen LogP contribution in [0.1, 0.15) is 28.2 Å². The monoisotopic (exact) mass is 201 g/mol. The maximum Gasteiger partial charge on any atom is 0.284 e. The predicted octanol–water partition coefficient (Wildman–Crippen LogP) is 2.15. The van der Waals surface area contributed by atoms with E-state index in [0.29, 0.717) is 12.0 Å². The Morgan fingerprint density at radius 2 is 2.21 bits per heavy atom. The van der Waals surface area contributed by atoms with E-state index in [2.05, 4.69) is 4.98 Å². The van der Waals surface area contributed by atoms with Crippen molar-refractivity contribution < 1.29 is 18.3 Å². The van der Waals surface area contributed by atoms with Crippen molar-refractivity contribution in [2.24, 2.45) is 0 Å². The minimum Gasteiger partial charge on any atom is -0.494 e. The van der Waals surface area contributed by atoms with Gasteiger partial charge in [-0.2, -0.15) is 0 Å². The highest BCUT2D eigenvalue weighted by Gasteiger charge is 2.19. The Hall–Kier alpha value is -1.52. The number of aryl methyl sites for hydroxylation is 1. The number of methoxy groups -OCH3 is 1. The van der Waals surface area contributed by atoms with Gasteiger partial charge in [-0.05, 0) is 13.0 Å². The van der Waals surface area contributed by atoms with E-state index in [4.69, 9.17) is 4.74 Å². The molecule has 0 aliphatic heterocycles. The molecule has 0 aliphatic carbocycles. The molecule has 0 amide bonds. The Morgan fingerprint density at radius 3 is 2.64 bits per heavy atom. The number of hydrogen-bond donors (Lipinski definition) is 0. The molecule has 0 aliphatic rings.